The molecule has 1 saturated heterocycles. The molecule has 2 atom stereocenters. The van der Waals surface area contributed by atoms with Gasteiger partial charge in [0.2, 0.25) is 0 Å². The average Bonchev–Trinajstić information content (AvgIpc) is 3.08. The number of aliphatic hydroxyl groups excluding tert-OH is 1. The van der Waals surface area contributed by atoms with Gasteiger partial charge in [0.1, 0.15) is 0 Å². The van der Waals surface area contributed by atoms with E-state index in [1.807, 2.05) is 18.2 Å². The largest absolute Gasteiger partial charge is 0.386 e. The van der Waals surface area contributed by atoms with Crippen molar-refractivity contribution in [2.45, 2.75) is 44.8 Å². The lowest BCUT2D eigenvalue weighted by Gasteiger charge is -2.42. The molecular formula is C18H24N2O. The number of rotatable bonds is 4. The highest BCUT2D eigenvalue weighted by atomic mass is 16.3. The topological polar surface area (TPSA) is 36.4 Å². The molecule has 0 bridgehead atoms. The van der Waals surface area contributed by atoms with E-state index < -0.39 is 6.10 Å². The summed E-state index contributed by atoms with van der Waals surface area (Å²) in [5.41, 5.74) is 1.65. The van der Waals surface area contributed by atoms with Gasteiger partial charge in [0.05, 0.1) is 11.6 Å². The van der Waals surface area contributed by atoms with E-state index in [4.69, 9.17) is 0 Å². The Kier molecular flexibility index (Phi) is 3.96. The van der Waals surface area contributed by atoms with Crippen LogP contribution in [0.25, 0.3) is 10.9 Å². The van der Waals surface area contributed by atoms with Crippen LogP contribution in [0.5, 0.6) is 0 Å². The molecular weight excluding hydrogens is 260 g/mol. The molecule has 1 N–H and O–H groups in total. The van der Waals surface area contributed by atoms with Gasteiger partial charge in [0.15, 0.2) is 0 Å². The van der Waals surface area contributed by atoms with Crippen molar-refractivity contribution >= 4 is 10.9 Å². The standard InChI is InChI=1S/C18H24N2O/c1-3-18(2,20-12-4-5-13-20)17(21)15-10-6-8-14-9-7-11-19-16(14)15/h6-11,17,21H,3-5,12-13H2,1-2H3. The number of aliphatic hydroxyl groups is 1. The molecule has 3 heteroatoms. The average molecular weight is 284 g/mol. The van der Waals surface area contributed by atoms with E-state index in [2.05, 4.69) is 35.9 Å². The van der Waals surface area contributed by atoms with Crippen molar-refractivity contribution in [2.75, 3.05) is 13.1 Å². The zero-order chi connectivity index (χ0) is 14.9. The first kappa shape index (κ1) is 14.5. The molecule has 0 saturated carbocycles. The van der Waals surface area contributed by atoms with E-state index in [9.17, 15) is 5.11 Å². The molecule has 1 aliphatic rings. The van der Waals surface area contributed by atoms with Crippen molar-refractivity contribution in [3.05, 3.63) is 42.1 Å². The second-order valence-electron chi connectivity index (χ2n) is 6.23. The van der Waals surface area contributed by atoms with Crippen molar-refractivity contribution in [3.8, 4) is 0 Å². The van der Waals surface area contributed by atoms with Crippen molar-refractivity contribution < 1.29 is 5.11 Å². The molecule has 112 valence electrons. The molecule has 0 amide bonds. The smallest absolute Gasteiger partial charge is 0.0991 e. The minimum absolute atomic E-state index is 0.220. The first-order valence-electron chi connectivity index (χ1n) is 7.93. The SMILES string of the molecule is CCC(C)(C(O)c1cccc2cccnc12)N1CCCC1. The summed E-state index contributed by atoms with van der Waals surface area (Å²) in [7, 11) is 0. The number of fused-ring (bicyclic) bond motifs is 1. The summed E-state index contributed by atoms with van der Waals surface area (Å²) in [5, 5.41) is 12.2. The first-order valence-corrected chi connectivity index (χ1v) is 7.93. The van der Waals surface area contributed by atoms with E-state index in [0.717, 1.165) is 36.0 Å². The first-order chi connectivity index (χ1) is 10.2. The van der Waals surface area contributed by atoms with Gasteiger partial charge in [-0.2, -0.15) is 0 Å². The van der Waals surface area contributed by atoms with Crippen LogP contribution in [0.4, 0.5) is 0 Å². The fourth-order valence-corrected chi connectivity index (χ4v) is 3.50. The zero-order valence-electron chi connectivity index (χ0n) is 12.9. The lowest BCUT2D eigenvalue weighted by molar-refractivity contribution is -0.0132. The third kappa shape index (κ3) is 2.45. The summed E-state index contributed by atoms with van der Waals surface area (Å²) < 4.78 is 0. The summed E-state index contributed by atoms with van der Waals surface area (Å²) in [5.74, 6) is 0. The molecule has 1 aromatic heterocycles. The van der Waals surface area contributed by atoms with Gasteiger partial charge in [-0.15, -0.1) is 0 Å². The number of nitrogens with zero attached hydrogens (tertiary/aromatic N) is 2. The fraction of sp³-hybridized carbons (Fsp3) is 0.500. The number of pyridine rings is 1. The van der Waals surface area contributed by atoms with Crippen LogP contribution in [0.15, 0.2) is 36.5 Å². The minimum Gasteiger partial charge on any atom is -0.386 e. The minimum atomic E-state index is -0.515. The predicted molar refractivity (Wildman–Crippen MR) is 86.2 cm³/mol. The van der Waals surface area contributed by atoms with Crippen LogP contribution in [0, 0.1) is 0 Å². The Hall–Kier alpha value is -1.45. The Labute approximate surface area is 126 Å². The zero-order valence-corrected chi connectivity index (χ0v) is 12.9. The lowest BCUT2D eigenvalue weighted by Crippen LogP contribution is -2.49. The highest BCUT2D eigenvalue weighted by molar-refractivity contribution is 5.82. The second kappa shape index (κ2) is 5.74. The van der Waals surface area contributed by atoms with Gasteiger partial charge in [-0.25, -0.2) is 0 Å². The number of hydrogen-bond acceptors (Lipinski definition) is 3. The molecule has 2 aromatic rings. The molecule has 1 aliphatic heterocycles. The van der Waals surface area contributed by atoms with Gasteiger partial charge in [-0.05, 0) is 45.3 Å². The lowest BCUT2D eigenvalue weighted by atomic mass is 9.84. The van der Waals surface area contributed by atoms with Gasteiger partial charge < -0.3 is 5.11 Å². The van der Waals surface area contributed by atoms with E-state index in [0.29, 0.717) is 0 Å². The normalized spacial score (nSPS) is 20.5. The van der Waals surface area contributed by atoms with Gasteiger partial charge in [0.25, 0.3) is 0 Å². The number of likely N-dealkylation sites (tertiary alicyclic amines) is 1. The summed E-state index contributed by atoms with van der Waals surface area (Å²) in [6.07, 6.45) is 4.68. The second-order valence-corrected chi connectivity index (χ2v) is 6.23. The molecule has 2 unspecified atom stereocenters. The molecule has 0 radical (unpaired) electrons. The van der Waals surface area contributed by atoms with Gasteiger partial charge in [-0.3, -0.25) is 9.88 Å². The third-order valence-electron chi connectivity index (χ3n) is 5.09. The van der Waals surface area contributed by atoms with Crippen LogP contribution >= 0.6 is 0 Å². The maximum atomic E-state index is 11.1. The van der Waals surface area contributed by atoms with Crippen LogP contribution in [-0.2, 0) is 0 Å². The molecule has 1 fully saturated rings. The van der Waals surface area contributed by atoms with Gasteiger partial charge in [-0.1, -0.05) is 31.2 Å². The number of aromatic nitrogens is 1. The van der Waals surface area contributed by atoms with Crippen LogP contribution in [0.1, 0.15) is 44.8 Å². The predicted octanol–water partition coefficient (Wildman–Crippen LogP) is 3.53. The number of hydrogen-bond donors (Lipinski definition) is 1. The van der Waals surface area contributed by atoms with Crippen LogP contribution in [-0.4, -0.2) is 33.6 Å². The number of benzene rings is 1. The fourth-order valence-electron chi connectivity index (χ4n) is 3.50. The van der Waals surface area contributed by atoms with Crippen molar-refractivity contribution in [2.24, 2.45) is 0 Å². The maximum Gasteiger partial charge on any atom is 0.0991 e. The number of para-hydroxylation sites is 1. The molecule has 1 aromatic carbocycles. The summed E-state index contributed by atoms with van der Waals surface area (Å²) in [6.45, 7) is 6.52. The quantitative estimate of drug-likeness (QED) is 0.933. The molecule has 2 heterocycles. The van der Waals surface area contributed by atoms with Crippen molar-refractivity contribution in [1.29, 1.82) is 0 Å². The van der Waals surface area contributed by atoms with Crippen LogP contribution < -0.4 is 0 Å². The highest BCUT2D eigenvalue weighted by Crippen LogP contribution is 2.38. The Morgan fingerprint density at radius 1 is 1.24 bits per heavy atom. The molecule has 3 nitrogen and oxygen atoms in total. The van der Waals surface area contributed by atoms with Crippen molar-refractivity contribution in [1.82, 2.24) is 9.88 Å². The van der Waals surface area contributed by atoms with E-state index in [1.165, 1.54) is 12.8 Å². The third-order valence-corrected chi connectivity index (χ3v) is 5.09. The maximum absolute atomic E-state index is 11.1. The van der Waals surface area contributed by atoms with E-state index in [-0.39, 0.29) is 5.54 Å². The molecule has 0 spiro atoms. The Balaban J connectivity index is 2.04. The van der Waals surface area contributed by atoms with Gasteiger partial charge in [0, 0.05) is 22.7 Å². The van der Waals surface area contributed by atoms with Gasteiger partial charge >= 0.3 is 0 Å². The Bertz CT molecular complexity index is 616. The summed E-state index contributed by atoms with van der Waals surface area (Å²) >= 11 is 0. The molecule has 0 aliphatic carbocycles. The highest BCUT2D eigenvalue weighted by Gasteiger charge is 2.40. The molecule has 21 heavy (non-hydrogen) atoms. The van der Waals surface area contributed by atoms with E-state index >= 15 is 0 Å². The Morgan fingerprint density at radius 2 is 1.95 bits per heavy atom. The van der Waals surface area contributed by atoms with Crippen LogP contribution in [0.2, 0.25) is 0 Å². The molecule has 3 rings (SSSR count). The Morgan fingerprint density at radius 3 is 2.67 bits per heavy atom. The monoisotopic (exact) mass is 284 g/mol. The summed E-state index contributed by atoms with van der Waals surface area (Å²) in [6, 6.07) is 10.1. The van der Waals surface area contributed by atoms with Crippen LogP contribution in [0.3, 0.4) is 0 Å². The van der Waals surface area contributed by atoms with Crippen molar-refractivity contribution in [3.63, 3.8) is 0 Å². The summed E-state index contributed by atoms with van der Waals surface area (Å²) in [4.78, 5) is 6.94. The van der Waals surface area contributed by atoms with E-state index in [1.54, 1.807) is 6.20 Å².